The molecular formula is C12H14N2O2. The summed E-state index contributed by atoms with van der Waals surface area (Å²) in [5, 5.41) is 7.61. The topological polar surface area (TPSA) is 48.2 Å². The number of hydrogen-bond donors (Lipinski definition) is 0. The van der Waals surface area contributed by atoms with Crippen LogP contribution in [0.2, 0.25) is 0 Å². The Kier molecular flexibility index (Phi) is 2.90. The average Bonchev–Trinajstić information content (AvgIpc) is 2.67. The molecule has 0 saturated carbocycles. The number of benzene rings is 1. The van der Waals surface area contributed by atoms with E-state index in [4.69, 9.17) is 9.15 Å². The van der Waals surface area contributed by atoms with Crippen LogP contribution in [0.3, 0.4) is 0 Å². The molecule has 84 valence electrons. The van der Waals surface area contributed by atoms with E-state index in [1.165, 1.54) is 5.56 Å². The molecule has 2 aromatic rings. The van der Waals surface area contributed by atoms with Crippen molar-refractivity contribution in [1.82, 2.24) is 10.2 Å². The summed E-state index contributed by atoms with van der Waals surface area (Å²) < 4.78 is 10.8. The molecule has 0 aliphatic rings. The first kappa shape index (κ1) is 10.7. The molecule has 1 heterocycles. The predicted octanol–water partition coefficient (Wildman–Crippen LogP) is 2.57. The van der Waals surface area contributed by atoms with Gasteiger partial charge in [0.1, 0.15) is 5.75 Å². The van der Waals surface area contributed by atoms with E-state index < -0.39 is 0 Å². The Balaban J connectivity index is 2.07. The minimum atomic E-state index is 0.311. The summed E-state index contributed by atoms with van der Waals surface area (Å²) in [5.41, 5.74) is 2.35. The van der Waals surface area contributed by atoms with Crippen molar-refractivity contribution in [3.8, 4) is 5.75 Å². The minimum Gasteiger partial charge on any atom is -0.484 e. The maximum absolute atomic E-state index is 5.62. The van der Waals surface area contributed by atoms with Gasteiger partial charge in [0.2, 0.25) is 5.89 Å². The Morgan fingerprint density at radius 2 is 2.00 bits per heavy atom. The van der Waals surface area contributed by atoms with Crippen molar-refractivity contribution in [3.05, 3.63) is 41.1 Å². The third-order valence-electron chi connectivity index (χ3n) is 2.47. The van der Waals surface area contributed by atoms with E-state index in [-0.39, 0.29) is 0 Å². The lowest BCUT2D eigenvalue weighted by molar-refractivity contribution is 0.259. The van der Waals surface area contributed by atoms with E-state index in [0.29, 0.717) is 18.4 Å². The highest BCUT2D eigenvalue weighted by molar-refractivity contribution is 5.38. The molecule has 0 aliphatic heterocycles. The van der Waals surface area contributed by atoms with Crippen LogP contribution in [0.5, 0.6) is 5.75 Å². The van der Waals surface area contributed by atoms with E-state index in [0.717, 1.165) is 11.3 Å². The second-order valence-electron chi connectivity index (χ2n) is 3.70. The monoisotopic (exact) mass is 218 g/mol. The summed E-state index contributed by atoms with van der Waals surface area (Å²) in [6, 6.07) is 5.96. The van der Waals surface area contributed by atoms with Crippen LogP contribution in [-0.2, 0) is 6.61 Å². The van der Waals surface area contributed by atoms with Gasteiger partial charge < -0.3 is 9.15 Å². The lowest BCUT2D eigenvalue weighted by Gasteiger charge is -2.08. The second kappa shape index (κ2) is 4.35. The van der Waals surface area contributed by atoms with Crippen molar-refractivity contribution in [1.29, 1.82) is 0 Å². The molecular weight excluding hydrogens is 204 g/mol. The summed E-state index contributed by atoms with van der Waals surface area (Å²) in [6.45, 7) is 6.16. The predicted molar refractivity (Wildman–Crippen MR) is 59.3 cm³/mol. The fourth-order valence-electron chi connectivity index (χ4n) is 1.42. The van der Waals surface area contributed by atoms with Gasteiger partial charge in [0.15, 0.2) is 6.61 Å². The molecule has 2 rings (SSSR count). The van der Waals surface area contributed by atoms with Crippen LogP contribution in [0, 0.1) is 20.8 Å². The highest BCUT2D eigenvalue weighted by Crippen LogP contribution is 2.21. The SMILES string of the molecule is Cc1nnc(COc2cccc(C)c2C)o1. The fraction of sp³-hybridized carbons (Fsp3) is 0.333. The molecule has 0 aliphatic carbocycles. The molecule has 0 saturated heterocycles. The van der Waals surface area contributed by atoms with Gasteiger partial charge >= 0.3 is 0 Å². The molecule has 16 heavy (non-hydrogen) atoms. The molecule has 0 fully saturated rings. The van der Waals surface area contributed by atoms with Gasteiger partial charge in [-0.05, 0) is 31.0 Å². The van der Waals surface area contributed by atoms with Gasteiger partial charge in [0.25, 0.3) is 5.89 Å². The largest absolute Gasteiger partial charge is 0.484 e. The van der Waals surface area contributed by atoms with Crippen LogP contribution in [0.1, 0.15) is 22.9 Å². The molecule has 0 spiro atoms. The first-order valence-corrected chi connectivity index (χ1v) is 5.15. The normalized spacial score (nSPS) is 10.4. The van der Waals surface area contributed by atoms with E-state index in [2.05, 4.69) is 23.2 Å². The summed E-state index contributed by atoms with van der Waals surface area (Å²) >= 11 is 0. The maximum atomic E-state index is 5.62. The van der Waals surface area contributed by atoms with Crippen molar-refractivity contribution in [2.75, 3.05) is 0 Å². The van der Waals surface area contributed by atoms with Gasteiger partial charge in [0, 0.05) is 6.92 Å². The van der Waals surface area contributed by atoms with Crippen molar-refractivity contribution in [2.45, 2.75) is 27.4 Å². The third-order valence-corrected chi connectivity index (χ3v) is 2.47. The quantitative estimate of drug-likeness (QED) is 0.794. The number of aromatic nitrogens is 2. The van der Waals surface area contributed by atoms with Crippen LogP contribution in [-0.4, -0.2) is 10.2 Å². The molecule has 1 aromatic carbocycles. The smallest absolute Gasteiger partial charge is 0.253 e. The summed E-state index contributed by atoms with van der Waals surface area (Å²) in [4.78, 5) is 0. The summed E-state index contributed by atoms with van der Waals surface area (Å²) in [6.07, 6.45) is 0. The molecule has 0 atom stereocenters. The number of ether oxygens (including phenoxy) is 1. The van der Waals surface area contributed by atoms with Gasteiger partial charge in [-0.1, -0.05) is 12.1 Å². The van der Waals surface area contributed by atoms with E-state index in [9.17, 15) is 0 Å². The third kappa shape index (κ3) is 2.21. The maximum Gasteiger partial charge on any atom is 0.253 e. The Labute approximate surface area is 94.3 Å². The molecule has 0 radical (unpaired) electrons. The Bertz CT molecular complexity index is 492. The molecule has 4 nitrogen and oxygen atoms in total. The molecule has 0 bridgehead atoms. The molecule has 0 amide bonds. The first-order chi connectivity index (χ1) is 7.66. The van der Waals surface area contributed by atoms with Crippen molar-refractivity contribution < 1.29 is 9.15 Å². The van der Waals surface area contributed by atoms with Crippen LogP contribution < -0.4 is 4.74 Å². The highest BCUT2D eigenvalue weighted by Gasteiger charge is 2.05. The zero-order valence-electron chi connectivity index (χ0n) is 9.65. The number of nitrogens with zero attached hydrogens (tertiary/aromatic N) is 2. The first-order valence-electron chi connectivity index (χ1n) is 5.15. The van der Waals surface area contributed by atoms with Crippen LogP contribution in [0.25, 0.3) is 0 Å². The van der Waals surface area contributed by atoms with Crippen LogP contribution in [0.15, 0.2) is 22.6 Å². The molecule has 4 heteroatoms. The van der Waals surface area contributed by atoms with Gasteiger partial charge in [-0.15, -0.1) is 10.2 Å². The van der Waals surface area contributed by atoms with Gasteiger partial charge in [-0.25, -0.2) is 0 Å². The van der Waals surface area contributed by atoms with Crippen LogP contribution in [0.4, 0.5) is 0 Å². The lowest BCUT2D eigenvalue weighted by atomic mass is 10.1. The van der Waals surface area contributed by atoms with E-state index >= 15 is 0 Å². The average molecular weight is 218 g/mol. The van der Waals surface area contributed by atoms with Crippen LogP contribution >= 0.6 is 0 Å². The van der Waals surface area contributed by atoms with Gasteiger partial charge in [0.05, 0.1) is 0 Å². The van der Waals surface area contributed by atoms with Gasteiger partial charge in [-0.2, -0.15) is 0 Å². The minimum absolute atomic E-state index is 0.311. The molecule has 0 N–H and O–H groups in total. The summed E-state index contributed by atoms with van der Waals surface area (Å²) in [5.74, 6) is 1.91. The van der Waals surface area contributed by atoms with E-state index in [1.807, 2.05) is 19.1 Å². The standard InChI is InChI=1S/C12H14N2O2/c1-8-5-4-6-11(9(8)2)15-7-12-14-13-10(3)16-12/h4-6H,7H2,1-3H3. The zero-order chi connectivity index (χ0) is 11.5. The zero-order valence-corrected chi connectivity index (χ0v) is 9.65. The Hall–Kier alpha value is -1.84. The number of aryl methyl sites for hydroxylation is 2. The number of rotatable bonds is 3. The van der Waals surface area contributed by atoms with Crippen molar-refractivity contribution in [2.24, 2.45) is 0 Å². The van der Waals surface area contributed by atoms with Crippen molar-refractivity contribution in [3.63, 3.8) is 0 Å². The Morgan fingerprint density at radius 3 is 2.69 bits per heavy atom. The highest BCUT2D eigenvalue weighted by atomic mass is 16.5. The fourth-order valence-corrected chi connectivity index (χ4v) is 1.42. The van der Waals surface area contributed by atoms with E-state index in [1.54, 1.807) is 6.92 Å². The molecule has 1 aromatic heterocycles. The van der Waals surface area contributed by atoms with Gasteiger partial charge in [-0.3, -0.25) is 0 Å². The summed E-state index contributed by atoms with van der Waals surface area (Å²) in [7, 11) is 0. The number of hydrogen-bond acceptors (Lipinski definition) is 4. The molecule has 0 unspecified atom stereocenters. The Morgan fingerprint density at radius 1 is 1.19 bits per heavy atom. The lowest BCUT2D eigenvalue weighted by Crippen LogP contribution is -1.98. The van der Waals surface area contributed by atoms with Crippen molar-refractivity contribution >= 4 is 0 Å². The second-order valence-corrected chi connectivity index (χ2v) is 3.70.